The Balaban J connectivity index is 2.08. The molecule has 0 saturated carbocycles. The third-order valence-corrected chi connectivity index (χ3v) is 4.40. The molecule has 2 aliphatic rings. The molecular weight excluding hydrogens is 276 g/mol. The Morgan fingerprint density at radius 3 is 2.48 bits per heavy atom. The van der Waals surface area contributed by atoms with E-state index < -0.39 is 30.5 Å². The number of aliphatic hydroxyl groups is 3. The van der Waals surface area contributed by atoms with Gasteiger partial charge in [-0.25, -0.2) is 0 Å². The molecule has 1 fully saturated rings. The number of ether oxygens (including phenoxy) is 3. The van der Waals surface area contributed by atoms with Gasteiger partial charge in [0.15, 0.2) is 6.29 Å². The van der Waals surface area contributed by atoms with E-state index in [0.717, 1.165) is 6.42 Å². The standard InChI is InChI=1S/C15H26O6/c1-4-10-14(8(2)5-6-19-10)21-15-9(3)12(17)13(18)11(7-16)20-15/h5-6,8-18H,4,7H2,1-3H3. The molecule has 122 valence electrons. The van der Waals surface area contributed by atoms with Crippen molar-refractivity contribution in [2.24, 2.45) is 11.8 Å². The molecule has 2 heterocycles. The molecule has 0 aromatic heterocycles. The summed E-state index contributed by atoms with van der Waals surface area (Å²) >= 11 is 0. The van der Waals surface area contributed by atoms with E-state index in [4.69, 9.17) is 14.2 Å². The summed E-state index contributed by atoms with van der Waals surface area (Å²) in [5.74, 6) is -0.227. The van der Waals surface area contributed by atoms with Crippen molar-refractivity contribution in [1.82, 2.24) is 0 Å². The van der Waals surface area contributed by atoms with Crippen LogP contribution in [0.1, 0.15) is 27.2 Å². The first-order valence-corrected chi connectivity index (χ1v) is 7.59. The van der Waals surface area contributed by atoms with E-state index in [1.54, 1.807) is 13.2 Å². The normalized spacial score (nSPS) is 47.1. The van der Waals surface area contributed by atoms with Crippen LogP contribution in [0.5, 0.6) is 0 Å². The van der Waals surface area contributed by atoms with Gasteiger partial charge in [-0.2, -0.15) is 0 Å². The maximum absolute atomic E-state index is 10.1. The Kier molecular flexibility index (Phi) is 5.62. The number of hydrogen-bond donors (Lipinski definition) is 3. The zero-order chi connectivity index (χ0) is 15.6. The predicted molar refractivity (Wildman–Crippen MR) is 75.3 cm³/mol. The molecule has 1 saturated heterocycles. The van der Waals surface area contributed by atoms with Crippen LogP contribution in [0.4, 0.5) is 0 Å². The van der Waals surface area contributed by atoms with Gasteiger partial charge in [0.25, 0.3) is 0 Å². The summed E-state index contributed by atoms with van der Waals surface area (Å²) in [6.45, 7) is 5.46. The first kappa shape index (κ1) is 16.7. The molecule has 0 amide bonds. The average molecular weight is 302 g/mol. The van der Waals surface area contributed by atoms with Crippen LogP contribution in [0.3, 0.4) is 0 Å². The van der Waals surface area contributed by atoms with Gasteiger partial charge in [-0.15, -0.1) is 0 Å². The SMILES string of the molecule is CCC1OC=CC(C)C1OC1OC(CO)C(O)C(O)C1C. The highest BCUT2D eigenvalue weighted by atomic mass is 16.7. The van der Waals surface area contributed by atoms with Gasteiger partial charge in [0.1, 0.15) is 24.4 Å². The van der Waals surface area contributed by atoms with E-state index in [0.29, 0.717) is 0 Å². The molecule has 0 bridgehead atoms. The molecule has 0 spiro atoms. The number of rotatable bonds is 4. The monoisotopic (exact) mass is 302 g/mol. The highest BCUT2D eigenvalue weighted by molar-refractivity contribution is 4.96. The average Bonchev–Trinajstić information content (AvgIpc) is 2.49. The molecule has 6 nitrogen and oxygen atoms in total. The second kappa shape index (κ2) is 7.07. The van der Waals surface area contributed by atoms with Gasteiger partial charge < -0.3 is 29.5 Å². The first-order valence-electron chi connectivity index (χ1n) is 7.59. The van der Waals surface area contributed by atoms with Crippen LogP contribution in [0.25, 0.3) is 0 Å². The van der Waals surface area contributed by atoms with Gasteiger partial charge in [-0.3, -0.25) is 0 Å². The van der Waals surface area contributed by atoms with Gasteiger partial charge in [-0.05, 0) is 12.5 Å². The topological polar surface area (TPSA) is 88.4 Å². The molecule has 0 aliphatic carbocycles. The summed E-state index contributed by atoms with van der Waals surface area (Å²) < 4.78 is 17.2. The van der Waals surface area contributed by atoms with Gasteiger partial charge >= 0.3 is 0 Å². The first-order chi connectivity index (χ1) is 9.99. The van der Waals surface area contributed by atoms with E-state index in [-0.39, 0.29) is 24.7 Å². The Labute approximate surface area is 125 Å². The van der Waals surface area contributed by atoms with Crippen LogP contribution < -0.4 is 0 Å². The van der Waals surface area contributed by atoms with E-state index in [9.17, 15) is 15.3 Å². The third kappa shape index (κ3) is 3.40. The Bertz CT molecular complexity index is 358. The molecule has 6 heteroatoms. The van der Waals surface area contributed by atoms with Crippen molar-refractivity contribution in [3.05, 3.63) is 12.3 Å². The Morgan fingerprint density at radius 1 is 1.14 bits per heavy atom. The second-order valence-corrected chi connectivity index (χ2v) is 5.94. The fourth-order valence-electron chi connectivity index (χ4n) is 2.87. The molecule has 0 aromatic rings. The molecule has 8 unspecified atom stereocenters. The van der Waals surface area contributed by atoms with Crippen molar-refractivity contribution >= 4 is 0 Å². The van der Waals surface area contributed by atoms with Gasteiger partial charge in [0.2, 0.25) is 0 Å². The summed E-state index contributed by atoms with van der Waals surface area (Å²) in [4.78, 5) is 0. The molecule has 21 heavy (non-hydrogen) atoms. The quantitative estimate of drug-likeness (QED) is 0.697. The maximum atomic E-state index is 10.1. The molecule has 2 rings (SSSR count). The second-order valence-electron chi connectivity index (χ2n) is 5.94. The van der Waals surface area contributed by atoms with Gasteiger partial charge in [-0.1, -0.05) is 20.8 Å². The summed E-state index contributed by atoms with van der Waals surface area (Å²) in [7, 11) is 0. The molecule has 0 aromatic carbocycles. The highest BCUT2D eigenvalue weighted by Crippen LogP contribution is 2.31. The van der Waals surface area contributed by atoms with Crippen molar-refractivity contribution in [3.8, 4) is 0 Å². The molecular formula is C15H26O6. The predicted octanol–water partition coefficient (Wildman–Crippen LogP) is 0.405. The molecule has 3 N–H and O–H groups in total. The summed E-state index contributed by atoms with van der Waals surface area (Å²) in [5.41, 5.74) is 0. The minimum Gasteiger partial charge on any atom is -0.496 e. The lowest BCUT2D eigenvalue weighted by atomic mass is 9.91. The van der Waals surface area contributed by atoms with Crippen molar-refractivity contribution in [2.75, 3.05) is 6.61 Å². The lowest BCUT2D eigenvalue weighted by molar-refractivity contribution is -0.304. The van der Waals surface area contributed by atoms with Gasteiger partial charge in [0.05, 0.1) is 19.0 Å². The smallest absolute Gasteiger partial charge is 0.163 e. The van der Waals surface area contributed by atoms with Crippen LogP contribution in [-0.4, -0.2) is 58.7 Å². The minimum absolute atomic E-state index is 0.0719. The van der Waals surface area contributed by atoms with Crippen molar-refractivity contribution in [1.29, 1.82) is 0 Å². The largest absolute Gasteiger partial charge is 0.496 e. The van der Waals surface area contributed by atoms with Crippen LogP contribution in [0.2, 0.25) is 0 Å². The Hall–Kier alpha value is -0.660. The Morgan fingerprint density at radius 2 is 1.86 bits per heavy atom. The van der Waals surface area contributed by atoms with E-state index >= 15 is 0 Å². The van der Waals surface area contributed by atoms with Crippen LogP contribution >= 0.6 is 0 Å². The highest BCUT2D eigenvalue weighted by Gasteiger charge is 2.44. The van der Waals surface area contributed by atoms with Crippen molar-refractivity contribution in [2.45, 2.75) is 64.0 Å². The van der Waals surface area contributed by atoms with Crippen molar-refractivity contribution in [3.63, 3.8) is 0 Å². The minimum atomic E-state index is -1.10. The zero-order valence-corrected chi connectivity index (χ0v) is 12.8. The van der Waals surface area contributed by atoms with Crippen LogP contribution in [-0.2, 0) is 14.2 Å². The summed E-state index contributed by atoms with van der Waals surface area (Å²) in [5, 5.41) is 29.2. The number of aliphatic hydroxyl groups excluding tert-OH is 3. The lowest BCUT2D eigenvalue weighted by Gasteiger charge is -2.44. The molecule has 0 radical (unpaired) electrons. The lowest BCUT2D eigenvalue weighted by Crippen LogP contribution is -2.57. The van der Waals surface area contributed by atoms with Crippen LogP contribution in [0.15, 0.2) is 12.3 Å². The van der Waals surface area contributed by atoms with E-state index in [2.05, 4.69) is 0 Å². The zero-order valence-electron chi connectivity index (χ0n) is 12.8. The molecule has 2 aliphatic heterocycles. The fraction of sp³-hybridized carbons (Fsp3) is 0.867. The summed E-state index contributed by atoms with van der Waals surface area (Å²) in [6, 6.07) is 0. The van der Waals surface area contributed by atoms with Crippen LogP contribution in [0, 0.1) is 11.8 Å². The van der Waals surface area contributed by atoms with Gasteiger partial charge in [0, 0.05) is 11.8 Å². The summed E-state index contributed by atoms with van der Waals surface area (Å²) in [6.07, 6.45) is 0.552. The van der Waals surface area contributed by atoms with E-state index in [1.165, 1.54) is 0 Å². The fourth-order valence-corrected chi connectivity index (χ4v) is 2.87. The third-order valence-electron chi connectivity index (χ3n) is 4.40. The molecule has 8 atom stereocenters. The number of hydrogen-bond acceptors (Lipinski definition) is 6. The van der Waals surface area contributed by atoms with E-state index in [1.807, 2.05) is 19.9 Å². The van der Waals surface area contributed by atoms with Crippen molar-refractivity contribution < 1.29 is 29.5 Å². The maximum Gasteiger partial charge on any atom is 0.163 e.